The van der Waals surface area contributed by atoms with Crippen LogP contribution >= 0.6 is 15.9 Å². The molecule has 1 heterocycles. The highest BCUT2D eigenvalue weighted by Crippen LogP contribution is 2.28. The fraction of sp³-hybridized carbons (Fsp3) is 0.333. The Kier molecular flexibility index (Phi) is 8.12. The van der Waals surface area contributed by atoms with Crippen LogP contribution < -0.4 is 14.8 Å². The minimum atomic E-state index is -0.111. The van der Waals surface area contributed by atoms with E-state index in [1.165, 1.54) is 0 Å². The van der Waals surface area contributed by atoms with Crippen LogP contribution in [0.1, 0.15) is 28.8 Å². The summed E-state index contributed by atoms with van der Waals surface area (Å²) in [4.78, 5) is 26.8. The molecule has 1 aliphatic rings. The number of hydrogen-bond acceptors (Lipinski definition) is 4. The lowest BCUT2D eigenvalue weighted by atomic mass is 9.96. The van der Waals surface area contributed by atoms with Gasteiger partial charge in [-0.2, -0.15) is 0 Å². The van der Waals surface area contributed by atoms with E-state index in [0.717, 1.165) is 22.9 Å². The molecule has 0 saturated carbocycles. The molecule has 0 spiro atoms. The van der Waals surface area contributed by atoms with Crippen molar-refractivity contribution in [1.82, 2.24) is 10.2 Å². The largest absolute Gasteiger partial charge is 0.493 e. The van der Waals surface area contributed by atoms with Gasteiger partial charge in [-0.05, 0) is 54.7 Å². The number of amides is 2. The zero-order valence-electron chi connectivity index (χ0n) is 17.8. The quantitative estimate of drug-likeness (QED) is 0.596. The predicted molar refractivity (Wildman–Crippen MR) is 124 cm³/mol. The lowest BCUT2D eigenvalue weighted by Crippen LogP contribution is -2.41. The number of piperidine rings is 1. The van der Waals surface area contributed by atoms with Crippen molar-refractivity contribution in [2.75, 3.05) is 33.9 Å². The van der Waals surface area contributed by atoms with Crippen molar-refractivity contribution in [2.45, 2.75) is 12.8 Å². The van der Waals surface area contributed by atoms with Gasteiger partial charge in [-0.15, -0.1) is 0 Å². The minimum Gasteiger partial charge on any atom is -0.493 e. The molecule has 1 N–H and O–H groups in total. The maximum atomic E-state index is 12.8. The van der Waals surface area contributed by atoms with Crippen LogP contribution in [0.3, 0.4) is 0 Å². The fourth-order valence-corrected chi connectivity index (χ4v) is 3.99. The van der Waals surface area contributed by atoms with Crippen LogP contribution in [0.4, 0.5) is 0 Å². The van der Waals surface area contributed by atoms with E-state index in [0.29, 0.717) is 42.6 Å². The van der Waals surface area contributed by atoms with Crippen LogP contribution in [0, 0.1) is 5.92 Å². The topological polar surface area (TPSA) is 67.9 Å². The molecule has 0 unspecified atom stereocenters. The van der Waals surface area contributed by atoms with E-state index in [2.05, 4.69) is 21.2 Å². The summed E-state index contributed by atoms with van der Waals surface area (Å²) in [7, 11) is 3.12. The summed E-state index contributed by atoms with van der Waals surface area (Å²) in [6.45, 7) is 1.94. The Morgan fingerprint density at radius 1 is 1.10 bits per heavy atom. The van der Waals surface area contributed by atoms with Gasteiger partial charge in [0.05, 0.1) is 14.2 Å². The first kappa shape index (κ1) is 22.9. The molecule has 1 fully saturated rings. The first-order chi connectivity index (χ1) is 15.0. The SMILES string of the molecule is COc1ccc(C(=O)N2CCC(CNC(=O)/C=C/c3ccccc3Br)CC2)cc1OC. The molecule has 0 bridgehead atoms. The van der Waals surface area contributed by atoms with E-state index in [-0.39, 0.29) is 11.8 Å². The highest BCUT2D eigenvalue weighted by molar-refractivity contribution is 9.10. The number of likely N-dealkylation sites (tertiary alicyclic amines) is 1. The monoisotopic (exact) mass is 486 g/mol. The molecule has 0 radical (unpaired) electrons. The van der Waals surface area contributed by atoms with Crippen LogP contribution in [-0.4, -0.2) is 50.6 Å². The molecule has 0 aromatic heterocycles. The molecule has 31 heavy (non-hydrogen) atoms. The summed E-state index contributed by atoms with van der Waals surface area (Å²) in [5, 5.41) is 2.97. The van der Waals surface area contributed by atoms with Crippen molar-refractivity contribution < 1.29 is 19.1 Å². The molecule has 1 aliphatic heterocycles. The van der Waals surface area contributed by atoms with Crippen LogP contribution in [0.2, 0.25) is 0 Å². The Morgan fingerprint density at radius 3 is 2.48 bits per heavy atom. The van der Waals surface area contributed by atoms with Crippen molar-refractivity contribution in [3.05, 3.63) is 64.1 Å². The lowest BCUT2D eigenvalue weighted by Gasteiger charge is -2.32. The highest BCUT2D eigenvalue weighted by Gasteiger charge is 2.24. The molecule has 2 amide bonds. The van der Waals surface area contributed by atoms with Crippen molar-refractivity contribution in [2.24, 2.45) is 5.92 Å². The van der Waals surface area contributed by atoms with Crippen molar-refractivity contribution in [3.63, 3.8) is 0 Å². The van der Waals surface area contributed by atoms with Gasteiger partial charge in [0.1, 0.15) is 0 Å². The Bertz CT molecular complexity index is 952. The molecule has 1 saturated heterocycles. The van der Waals surface area contributed by atoms with Gasteiger partial charge in [0.2, 0.25) is 5.91 Å². The number of halogens is 1. The number of carbonyl (C=O) groups excluding carboxylic acids is 2. The third kappa shape index (κ3) is 6.10. The number of nitrogens with one attached hydrogen (secondary N) is 1. The Hall–Kier alpha value is -2.80. The molecular formula is C24H27BrN2O4. The van der Waals surface area contributed by atoms with Gasteiger partial charge >= 0.3 is 0 Å². The smallest absolute Gasteiger partial charge is 0.253 e. The molecule has 2 aromatic carbocycles. The summed E-state index contributed by atoms with van der Waals surface area (Å²) in [6, 6.07) is 13.0. The van der Waals surface area contributed by atoms with Gasteiger partial charge < -0.3 is 19.7 Å². The van der Waals surface area contributed by atoms with Crippen molar-refractivity contribution >= 4 is 33.8 Å². The van der Waals surface area contributed by atoms with Crippen LogP contribution in [0.5, 0.6) is 11.5 Å². The van der Waals surface area contributed by atoms with E-state index in [9.17, 15) is 9.59 Å². The predicted octanol–water partition coefficient (Wildman–Crippen LogP) is 4.15. The van der Waals surface area contributed by atoms with Gasteiger partial charge in [-0.25, -0.2) is 0 Å². The van der Waals surface area contributed by atoms with Crippen molar-refractivity contribution in [1.29, 1.82) is 0 Å². The number of carbonyl (C=O) groups is 2. The van der Waals surface area contributed by atoms with Gasteiger partial charge in [0, 0.05) is 35.7 Å². The summed E-state index contributed by atoms with van der Waals surface area (Å²) >= 11 is 3.47. The summed E-state index contributed by atoms with van der Waals surface area (Å²) in [6.07, 6.45) is 5.06. The number of hydrogen-bond donors (Lipinski definition) is 1. The maximum absolute atomic E-state index is 12.8. The van der Waals surface area contributed by atoms with E-state index in [1.807, 2.05) is 29.2 Å². The zero-order chi connectivity index (χ0) is 22.2. The zero-order valence-corrected chi connectivity index (χ0v) is 19.4. The maximum Gasteiger partial charge on any atom is 0.253 e. The molecule has 2 aromatic rings. The average molecular weight is 487 g/mol. The number of ether oxygens (including phenoxy) is 2. The fourth-order valence-electron chi connectivity index (χ4n) is 3.57. The molecule has 0 atom stereocenters. The van der Waals surface area contributed by atoms with Crippen LogP contribution in [-0.2, 0) is 4.79 Å². The van der Waals surface area contributed by atoms with E-state index in [1.54, 1.807) is 44.6 Å². The molecule has 7 heteroatoms. The van der Waals surface area contributed by atoms with Gasteiger partial charge in [-0.1, -0.05) is 34.1 Å². The molecule has 0 aliphatic carbocycles. The minimum absolute atomic E-state index is 0.0141. The molecule has 164 valence electrons. The number of rotatable bonds is 7. The Balaban J connectivity index is 1.47. The normalized spacial score (nSPS) is 14.5. The van der Waals surface area contributed by atoms with Crippen LogP contribution in [0.15, 0.2) is 53.0 Å². The Labute approximate surface area is 191 Å². The average Bonchev–Trinajstić information content (AvgIpc) is 2.81. The first-order valence-corrected chi connectivity index (χ1v) is 11.0. The number of methoxy groups -OCH3 is 2. The van der Waals surface area contributed by atoms with Gasteiger partial charge in [0.15, 0.2) is 11.5 Å². The summed E-state index contributed by atoms with van der Waals surface area (Å²) in [5.41, 5.74) is 1.54. The summed E-state index contributed by atoms with van der Waals surface area (Å²) < 4.78 is 11.5. The molecular weight excluding hydrogens is 460 g/mol. The molecule has 6 nitrogen and oxygen atoms in total. The first-order valence-electron chi connectivity index (χ1n) is 10.2. The third-order valence-electron chi connectivity index (χ3n) is 5.42. The van der Waals surface area contributed by atoms with E-state index in [4.69, 9.17) is 9.47 Å². The van der Waals surface area contributed by atoms with E-state index < -0.39 is 0 Å². The van der Waals surface area contributed by atoms with Gasteiger partial charge in [-0.3, -0.25) is 9.59 Å². The summed E-state index contributed by atoms with van der Waals surface area (Å²) in [5.74, 6) is 1.37. The Morgan fingerprint density at radius 2 is 1.81 bits per heavy atom. The highest BCUT2D eigenvalue weighted by atomic mass is 79.9. The number of nitrogens with zero attached hydrogens (tertiary/aromatic N) is 1. The third-order valence-corrected chi connectivity index (χ3v) is 6.14. The lowest BCUT2D eigenvalue weighted by molar-refractivity contribution is -0.116. The van der Waals surface area contributed by atoms with Gasteiger partial charge in [0.25, 0.3) is 5.91 Å². The second-order valence-electron chi connectivity index (χ2n) is 7.41. The standard InChI is InChI=1S/C24H27BrN2O4/c1-30-21-9-7-19(15-22(21)31-2)24(29)27-13-11-17(12-14-27)16-26-23(28)10-8-18-5-3-4-6-20(18)25/h3-10,15,17H,11-14,16H2,1-2H3,(H,26,28)/b10-8+. The second-order valence-corrected chi connectivity index (χ2v) is 8.26. The molecule has 3 rings (SSSR count). The van der Waals surface area contributed by atoms with Crippen molar-refractivity contribution in [3.8, 4) is 11.5 Å². The van der Waals surface area contributed by atoms with E-state index >= 15 is 0 Å². The van der Waals surface area contributed by atoms with Crippen LogP contribution in [0.25, 0.3) is 6.08 Å². The second kappa shape index (κ2) is 11.0. The number of benzene rings is 2.